The van der Waals surface area contributed by atoms with E-state index in [1.165, 1.54) is 30.5 Å². The fraction of sp³-hybridized carbons (Fsp3) is 0.188. The Morgan fingerprint density at radius 3 is 2.76 bits per heavy atom. The standard InChI is InChI=1S/C16H12F2N4O3/c17-16(18)25-14-6-4-10(8-19-14)12-5-7-15(24)22(21-12)9-13(23)20-11-2-1-3-11/h1,4-8,16H,2,9H2,(H,20,23). The molecule has 0 fully saturated rings. The van der Waals surface area contributed by atoms with Crippen LogP contribution < -0.4 is 15.6 Å². The van der Waals surface area contributed by atoms with Crippen molar-refractivity contribution in [1.29, 1.82) is 0 Å². The Bertz CT molecular complexity index is 916. The van der Waals surface area contributed by atoms with Gasteiger partial charge in [0, 0.05) is 30.3 Å². The molecule has 1 aliphatic carbocycles. The number of nitrogens with zero attached hydrogens (tertiary/aromatic N) is 3. The third-order valence-electron chi connectivity index (χ3n) is 3.27. The van der Waals surface area contributed by atoms with Gasteiger partial charge in [0.1, 0.15) is 6.54 Å². The average Bonchev–Trinajstić information content (AvgIpc) is 2.53. The molecular weight excluding hydrogens is 334 g/mol. The minimum absolute atomic E-state index is 0.228. The zero-order chi connectivity index (χ0) is 17.8. The van der Waals surface area contributed by atoms with Crippen molar-refractivity contribution in [2.45, 2.75) is 19.6 Å². The highest BCUT2D eigenvalue weighted by molar-refractivity contribution is 5.77. The van der Waals surface area contributed by atoms with Gasteiger partial charge < -0.3 is 10.1 Å². The number of hydrogen-bond acceptors (Lipinski definition) is 5. The Morgan fingerprint density at radius 2 is 2.16 bits per heavy atom. The lowest BCUT2D eigenvalue weighted by Gasteiger charge is -2.11. The largest absolute Gasteiger partial charge is 0.417 e. The molecule has 128 valence electrons. The first-order chi connectivity index (χ1) is 12.0. The molecule has 2 heterocycles. The van der Waals surface area contributed by atoms with Gasteiger partial charge in [-0.15, -0.1) is 5.73 Å². The molecule has 0 spiro atoms. The van der Waals surface area contributed by atoms with Gasteiger partial charge in [0.05, 0.1) is 11.4 Å². The topological polar surface area (TPSA) is 86.1 Å². The zero-order valence-electron chi connectivity index (χ0n) is 12.8. The first-order valence-electron chi connectivity index (χ1n) is 7.24. The average molecular weight is 346 g/mol. The summed E-state index contributed by atoms with van der Waals surface area (Å²) in [6.07, 6.45) is 3.70. The maximum absolute atomic E-state index is 12.1. The summed E-state index contributed by atoms with van der Waals surface area (Å²) in [5.41, 5.74) is 3.88. The fourth-order valence-corrected chi connectivity index (χ4v) is 2.04. The SMILES string of the molecule is O=C(Cn1nc(-c2ccc(OC(F)F)nc2)ccc1=O)NC1=C=CC1. The Hall–Kier alpha value is -3.32. The van der Waals surface area contributed by atoms with Crippen molar-refractivity contribution < 1.29 is 18.3 Å². The van der Waals surface area contributed by atoms with Crippen LogP contribution in [0.3, 0.4) is 0 Å². The number of carbonyl (C=O) groups is 1. The van der Waals surface area contributed by atoms with E-state index in [9.17, 15) is 18.4 Å². The van der Waals surface area contributed by atoms with E-state index in [0.717, 1.165) is 4.68 Å². The van der Waals surface area contributed by atoms with Crippen LogP contribution in [0.4, 0.5) is 8.78 Å². The van der Waals surface area contributed by atoms with E-state index < -0.39 is 12.2 Å². The molecule has 0 radical (unpaired) electrons. The van der Waals surface area contributed by atoms with Crippen molar-refractivity contribution in [3.8, 4) is 17.1 Å². The molecule has 0 bridgehead atoms. The van der Waals surface area contributed by atoms with E-state index in [2.05, 4.69) is 25.9 Å². The fourth-order valence-electron chi connectivity index (χ4n) is 2.04. The Kier molecular flexibility index (Phi) is 4.67. The van der Waals surface area contributed by atoms with Gasteiger partial charge in [-0.25, -0.2) is 9.67 Å². The van der Waals surface area contributed by atoms with E-state index in [1.807, 2.05) is 0 Å². The number of hydrogen-bond donors (Lipinski definition) is 1. The van der Waals surface area contributed by atoms with Gasteiger partial charge >= 0.3 is 6.61 Å². The molecule has 0 atom stereocenters. The van der Waals surface area contributed by atoms with Gasteiger partial charge in [0.25, 0.3) is 5.56 Å². The minimum atomic E-state index is -2.96. The van der Waals surface area contributed by atoms with Crippen molar-refractivity contribution in [2.75, 3.05) is 0 Å². The van der Waals surface area contributed by atoms with Gasteiger partial charge in [-0.3, -0.25) is 9.59 Å². The summed E-state index contributed by atoms with van der Waals surface area (Å²) in [4.78, 5) is 27.5. The number of pyridine rings is 1. The number of carbonyl (C=O) groups excluding carboxylic acids is 1. The molecule has 9 heteroatoms. The summed E-state index contributed by atoms with van der Waals surface area (Å²) >= 11 is 0. The molecule has 1 amide bonds. The Labute approximate surface area is 140 Å². The summed E-state index contributed by atoms with van der Waals surface area (Å²) in [5, 5.41) is 6.71. The second kappa shape index (κ2) is 7.06. The van der Waals surface area contributed by atoms with E-state index in [1.54, 1.807) is 6.08 Å². The van der Waals surface area contributed by atoms with Crippen LogP contribution in [0.1, 0.15) is 6.42 Å². The zero-order valence-corrected chi connectivity index (χ0v) is 12.8. The summed E-state index contributed by atoms with van der Waals surface area (Å²) in [6, 6.07) is 5.47. The van der Waals surface area contributed by atoms with Crippen molar-refractivity contribution in [3.05, 3.63) is 58.3 Å². The summed E-state index contributed by atoms with van der Waals surface area (Å²) in [7, 11) is 0. The summed E-state index contributed by atoms with van der Waals surface area (Å²) in [5.74, 6) is -0.616. The molecule has 0 saturated heterocycles. The lowest BCUT2D eigenvalue weighted by Crippen LogP contribution is -2.33. The molecule has 0 saturated carbocycles. The van der Waals surface area contributed by atoms with Crippen LogP contribution in [-0.4, -0.2) is 27.3 Å². The predicted molar refractivity (Wildman–Crippen MR) is 82.7 cm³/mol. The maximum atomic E-state index is 12.1. The van der Waals surface area contributed by atoms with E-state index in [0.29, 0.717) is 23.4 Å². The number of ether oxygens (including phenoxy) is 1. The van der Waals surface area contributed by atoms with Gasteiger partial charge in [0.2, 0.25) is 11.8 Å². The maximum Gasteiger partial charge on any atom is 0.388 e. The number of aromatic nitrogens is 3. The molecule has 0 aromatic carbocycles. The second-order valence-electron chi connectivity index (χ2n) is 5.06. The molecule has 25 heavy (non-hydrogen) atoms. The molecule has 0 unspecified atom stereocenters. The Morgan fingerprint density at radius 1 is 1.36 bits per heavy atom. The highest BCUT2D eigenvalue weighted by atomic mass is 19.3. The number of halogens is 2. The molecule has 1 N–H and O–H groups in total. The van der Waals surface area contributed by atoms with Crippen LogP contribution in [0.5, 0.6) is 5.88 Å². The molecule has 3 rings (SSSR count). The summed E-state index contributed by atoms with van der Waals surface area (Å²) in [6.45, 7) is -3.21. The second-order valence-corrected chi connectivity index (χ2v) is 5.06. The lowest BCUT2D eigenvalue weighted by atomic mass is 10.2. The molecule has 0 aliphatic heterocycles. The molecule has 1 aliphatic rings. The van der Waals surface area contributed by atoms with E-state index in [-0.39, 0.29) is 18.3 Å². The van der Waals surface area contributed by atoms with Crippen molar-refractivity contribution in [3.63, 3.8) is 0 Å². The van der Waals surface area contributed by atoms with Crippen molar-refractivity contribution >= 4 is 5.91 Å². The van der Waals surface area contributed by atoms with E-state index in [4.69, 9.17) is 0 Å². The lowest BCUT2D eigenvalue weighted by molar-refractivity contribution is -0.121. The smallest absolute Gasteiger partial charge is 0.388 e. The van der Waals surface area contributed by atoms with Crippen LogP contribution >= 0.6 is 0 Å². The predicted octanol–water partition coefficient (Wildman–Crippen LogP) is 1.47. The number of rotatable bonds is 6. The number of amides is 1. The minimum Gasteiger partial charge on any atom is -0.417 e. The molecular formula is C16H12F2N4O3. The van der Waals surface area contributed by atoms with Crippen LogP contribution in [0, 0.1) is 0 Å². The quantitative estimate of drug-likeness (QED) is 0.801. The van der Waals surface area contributed by atoms with Crippen LogP contribution in [0.15, 0.2) is 52.8 Å². The Balaban J connectivity index is 1.77. The summed E-state index contributed by atoms with van der Waals surface area (Å²) < 4.78 is 29.4. The third kappa shape index (κ3) is 4.15. The van der Waals surface area contributed by atoms with Crippen molar-refractivity contribution in [2.24, 2.45) is 0 Å². The van der Waals surface area contributed by atoms with Gasteiger partial charge in [-0.2, -0.15) is 13.9 Å². The highest BCUT2D eigenvalue weighted by Crippen LogP contribution is 2.18. The monoisotopic (exact) mass is 346 g/mol. The van der Waals surface area contributed by atoms with E-state index >= 15 is 0 Å². The van der Waals surface area contributed by atoms with Gasteiger partial charge in [0.15, 0.2) is 0 Å². The normalized spacial score (nSPS) is 12.5. The molecule has 2 aromatic rings. The number of nitrogens with one attached hydrogen (secondary N) is 1. The first kappa shape index (κ1) is 16.5. The third-order valence-corrected chi connectivity index (χ3v) is 3.27. The molecule has 2 aromatic heterocycles. The van der Waals surface area contributed by atoms with Crippen molar-refractivity contribution in [1.82, 2.24) is 20.1 Å². The van der Waals surface area contributed by atoms with Crippen LogP contribution in [0.25, 0.3) is 11.3 Å². The first-order valence-corrected chi connectivity index (χ1v) is 7.24. The van der Waals surface area contributed by atoms with Crippen LogP contribution in [0.2, 0.25) is 0 Å². The van der Waals surface area contributed by atoms with Gasteiger partial charge in [-0.05, 0) is 18.2 Å². The molecule has 7 nitrogen and oxygen atoms in total. The number of alkyl halides is 2. The van der Waals surface area contributed by atoms with Crippen LogP contribution in [-0.2, 0) is 11.3 Å². The highest BCUT2D eigenvalue weighted by Gasteiger charge is 2.11. The van der Waals surface area contributed by atoms with Gasteiger partial charge in [-0.1, -0.05) is 0 Å².